The van der Waals surface area contributed by atoms with Crippen LogP contribution in [0.3, 0.4) is 0 Å². The fourth-order valence-electron chi connectivity index (χ4n) is 2.78. The Morgan fingerprint density at radius 3 is 2.17 bits per heavy atom. The van der Waals surface area contributed by atoms with Crippen LogP contribution in [-0.2, 0) is 9.59 Å². The number of amides is 3. The Bertz CT molecular complexity index is 1040. The van der Waals surface area contributed by atoms with Gasteiger partial charge in [0.15, 0.2) is 0 Å². The molecule has 0 aliphatic heterocycles. The number of carbonyl (C=O) groups is 3. The SMILES string of the molecule is O=C(NNC(=O)c1cn(-c2ccccc2)nc1-c1ccccc1)C(=O)NC1CC1. The van der Waals surface area contributed by atoms with Gasteiger partial charge in [0, 0.05) is 17.8 Å². The summed E-state index contributed by atoms with van der Waals surface area (Å²) in [7, 11) is 0. The molecule has 0 spiro atoms. The molecule has 0 saturated heterocycles. The van der Waals surface area contributed by atoms with Crippen molar-refractivity contribution in [1.82, 2.24) is 25.9 Å². The van der Waals surface area contributed by atoms with Crippen molar-refractivity contribution < 1.29 is 14.4 Å². The van der Waals surface area contributed by atoms with Crippen molar-refractivity contribution in [3.63, 3.8) is 0 Å². The molecule has 3 aromatic rings. The van der Waals surface area contributed by atoms with Crippen molar-refractivity contribution in [2.75, 3.05) is 0 Å². The smallest absolute Gasteiger partial charge is 0.327 e. The van der Waals surface area contributed by atoms with Crippen molar-refractivity contribution >= 4 is 17.7 Å². The molecule has 1 aliphatic rings. The zero-order valence-electron chi connectivity index (χ0n) is 15.5. The van der Waals surface area contributed by atoms with Crippen LogP contribution in [0.1, 0.15) is 23.2 Å². The summed E-state index contributed by atoms with van der Waals surface area (Å²) < 4.78 is 1.60. The number of para-hydroxylation sites is 1. The van der Waals surface area contributed by atoms with Crippen LogP contribution in [0.2, 0.25) is 0 Å². The third-order valence-electron chi connectivity index (χ3n) is 4.44. The summed E-state index contributed by atoms with van der Waals surface area (Å²) in [5.74, 6) is -2.25. The number of hydrogen-bond donors (Lipinski definition) is 3. The summed E-state index contributed by atoms with van der Waals surface area (Å²) in [5, 5.41) is 7.11. The second kappa shape index (κ2) is 7.97. The largest absolute Gasteiger partial charge is 0.345 e. The van der Waals surface area contributed by atoms with Crippen LogP contribution in [0.15, 0.2) is 66.9 Å². The van der Waals surface area contributed by atoms with Gasteiger partial charge in [0.05, 0.1) is 11.3 Å². The molecular weight excluding hydrogens is 370 g/mol. The van der Waals surface area contributed by atoms with Crippen LogP contribution < -0.4 is 16.2 Å². The van der Waals surface area contributed by atoms with E-state index in [-0.39, 0.29) is 11.6 Å². The minimum atomic E-state index is -0.915. The van der Waals surface area contributed by atoms with Crippen LogP contribution in [-0.4, -0.2) is 33.5 Å². The Balaban J connectivity index is 1.56. The summed E-state index contributed by atoms with van der Waals surface area (Å²) in [4.78, 5) is 36.3. The average molecular weight is 389 g/mol. The molecule has 8 heteroatoms. The van der Waals surface area contributed by atoms with Crippen LogP contribution in [0.4, 0.5) is 0 Å². The molecule has 0 unspecified atom stereocenters. The Labute approximate surface area is 166 Å². The fraction of sp³-hybridized carbons (Fsp3) is 0.143. The van der Waals surface area contributed by atoms with Gasteiger partial charge in [-0.3, -0.25) is 25.2 Å². The Hall–Kier alpha value is -3.94. The molecule has 0 atom stereocenters. The van der Waals surface area contributed by atoms with Gasteiger partial charge in [-0.2, -0.15) is 5.10 Å². The molecule has 1 saturated carbocycles. The highest BCUT2D eigenvalue weighted by Gasteiger charge is 2.27. The van der Waals surface area contributed by atoms with E-state index in [0.29, 0.717) is 5.69 Å². The maximum absolute atomic E-state index is 12.7. The number of hydrazine groups is 1. The number of nitrogens with zero attached hydrogens (tertiary/aromatic N) is 2. The molecule has 3 amide bonds. The van der Waals surface area contributed by atoms with Crippen LogP contribution >= 0.6 is 0 Å². The quantitative estimate of drug-likeness (QED) is 0.465. The van der Waals surface area contributed by atoms with Crippen molar-refractivity contribution in [3.05, 3.63) is 72.4 Å². The predicted molar refractivity (Wildman–Crippen MR) is 106 cm³/mol. The normalized spacial score (nSPS) is 12.8. The lowest BCUT2D eigenvalue weighted by Gasteiger charge is -2.07. The topological polar surface area (TPSA) is 105 Å². The third-order valence-corrected chi connectivity index (χ3v) is 4.44. The molecular formula is C21H19N5O3. The fourth-order valence-corrected chi connectivity index (χ4v) is 2.78. The van der Waals surface area contributed by atoms with E-state index >= 15 is 0 Å². The molecule has 146 valence electrons. The summed E-state index contributed by atoms with van der Waals surface area (Å²) in [6.45, 7) is 0. The second-order valence-electron chi connectivity index (χ2n) is 6.69. The highest BCUT2D eigenvalue weighted by molar-refractivity contribution is 6.35. The minimum absolute atomic E-state index is 0.0535. The van der Waals surface area contributed by atoms with Gasteiger partial charge < -0.3 is 5.32 Å². The van der Waals surface area contributed by atoms with E-state index in [1.165, 1.54) is 0 Å². The van der Waals surface area contributed by atoms with E-state index < -0.39 is 17.7 Å². The lowest BCUT2D eigenvalue weighted by Crippen LogP contribution is -2.49. The molecule has 1 heterocycles. The van der Waals surface area contributed by atoms with E-state index in [9.17, 15) is 14.4 Å². The Morgan fingerprint density at radius 2 is 1.52 bits per heavy atom. The summed E-state index contributed by atoms with van der Waals surface area (Å²) in [6, 6.07) is 18.7. The third kappa shape index (κ3) is 4.32. The summed E-state index contributed by atoms with van der Waals surface area (Å²) in [5.41, 5.74) is 6.72. The van der Waals surface area contributed by atoms with Gasteiger partial charge in [0.2, 0.25) is 0 Å². The highest BCUT2D eigenvalue weighted by Crippen LogP contribution is 2.23. The molecule has 3 N–H and O–H groups in total. The first-order valence-electron chi connectivity index (χ1n) is 9.23. The average Bonchev–Trinajstić information content (AvgIpc) is 3.46. The van der Waals surface area contributed by atoms with E-state index in [4.69, 9.17) is 0 Å². The van der Waals surface area contributed by atoms with Crippen molar-refractivity contribution in [2.24, 2.45) is 0 Å². The van der Waals surface area contributed by atoms with Crippen LogP contribution in [0.5, 0.6) is 0 Å². The zero-order chi connectivity index (χ0) is 20.2. The molecule has 0 bridgehead atoms. The van der Waals surface area contributed by atoms with E-state index in [1.54, 1.807) is 10.9 Å². The molecule has 1 aromatic heterocycles. The number of hydrogen-bond acceptors (Lipinski definition) is 4. The number of nitrogens with one attached hydrogen (secondary N) is 3. The van der Waals surface area contributed by atoms with E-state index in [1.807, 2.05) is 60.7 Å². The summed E-state index contributed by atoms with van der Waals surface area (Å²) >= 11 is 0. The Morgan fingerprint density at radius 1 is 0.862 bits per heavy atom. The van der Waals surface area contributed by atoms with Gasteiger partial charge >= 0.3 is 11.8 Å². The van der Waals surface area contributed by atoms with Gasteiger partial charge in [0.25, 0.3) is 5.91 Å². The van der Waals surface area contributed by atoms with Gasteiger partial charge in [0.1, 0.15) is 5.69 Å². The Kier molecular flexibility index (Phi) is 5.07. The first kappa shape index (κ1) is 18.4. The summed E-state index contributed by atoms with van der Waals surface area (Å²) in [6.07, 6.45) is 3.32. The highest BCUT2D eigenvalue weighted by atomic mass is 16.2. The van der Waals surface area contributed by atoms with Crippen molar-refractivity contribution in [1.29, 1.82) is 0 Å². The molecule has 8 nitrogen and oxygen atoms in total. The number of rotatable bonds is 4. The minimum Gasteiger partial charge on any atom is -0.345 e. The van der Waals surface area contributed by atoms with Crippen molar-refractivity contribution in [3.8, 4) is 16.9 Å². The van der Waals surface area contributed by atoms with Gasteiger partial charge in [-0.25, -0.2) is 4.68 Å². The van der Waals surface area contributed by atoms with E-state index in [0.717, 1.165) is 24.1 Å². The lowest BCUT2D eigenvalue weighted by atomic mass is 10.1. The molecule has 2 aromatic carbocycles. The van der Waals surface area contributed by atoms with Crippen LogP contribution in [0, 0.1) is 0 Å². The molecule has 0 radical (unpaired) electrons. The lowest BCUT2D eigenvalue weighted by molar-refractivity contribution is -0.139. The zero-order valence-corrected chi connectivity index (χ0v) is 15.5. The molecule has 1 aliphatic carbocycles. The predicted octanol–water partition coefficient (Wildman–Crippen LogP) is 1.58. The van der Waals surface area contributed by atoms with E-state index in [2.05, 4.69) is 21.3 Å². The monoisotopic (exact) mass is 389 g/mol. The maximum atomic E-state index is 12.7. The van der Waals surface area contributed by atoms with Gasteiger partial charge in [-0.05, 0) is 25.0 Å². The first-order valence-corrected chi connectivity index (χ1v) is 9.23. The van der Waals surface area contributed by atoms with Gasteiger partial charge in [-0.1, -0.05) is 48.5 Å². The standard InChI is InChI=1S/C21H19N5O3/c27-19(23-24-21(29)20(28)22-15-11-12-15)17-13-26(16-9-5-2-6-10-16)25-18(17)14-7-3-1-4-8-14/h1-10,13,15H,11-12H2,(H,22,28)(H,23,27)(H,24,29). The van der Waals surface area contributed by atoms with Crippen LogP contribution in [0.25, 0.3) is 16.9 Å². The van der Waals surface area contributed by atoms with Gasteiger partial charge in [-0.15, -0.1) is 0 Å². The first-order chi connectivity index (χ1) is 14.1. The number of benzene rings is 2. The van der Waals surface area contributed by atoms with Crippen molar-refractivity contribution in [2.45, 2.75) is 18.9 Å². The second-order valence-corrected chi connectivity index (χ2v) is 6.69. The number of aromatic nitrogens is 2. The maximum Gasteiger partial charge on any atom is 0.327 e. The molecule has 1 fully saturated rings. The molecule has 29 heavy (non-hydrogen) atoms. The molecule has 4 rings (SSSR count). The number of carbonyl (C=O) groups excluding carboxylic acids is 3.